The Morgan fingerprint density at radius 1 is 1.43 bits per heavy atom. The molecule has 0 radical (unpaired) electrons. The molecular formula is C11H12BrNO. The highest BCUT2D eigenvalue weighted by Gasteiger charge is 2.12. The Labute approximate surface area is 92.6 Å². The smallest absolute Gasteiger partial charge is 0.124 e. The first-order valence-corrected chi connectivity index (χ1v) is 5.17. The van der Waals surface area contributed by atoms with Crippen LogP contribution >= 0.6 is 15.9 Å². The van der Waals surface area contributed by atoms with Crippen molar-refractivity contribution in [3.05, 3.63) is 27.7 Å². The molecular weight excluding hydrogens is 242 g/mol. The quantitative estimate of drug-likeness (QED) is 0.809. The first kappa shape index (κ1) is 11.1. The van der Waals surface area contributed by atoms with Crippen LogP contribution in [0.5, 0.6) is 5.75 Å². The Kier molecular flexibility index (Phi) is 3.54. The highest BCUT2D eigenvalue weighted by atomic mass is 79.9. The fourth-order valence-corrected chi connectivity index (χ4v) is 2.29. The van der Waals surface area contributed by atoms with Crippen LogP contribution in [0.25, 0.3) is 0 Å². The molecule has 0 saturated heterocycles. The van der Waals surface area contributed by atoms with Gasteiger partial charge in [0.1, 0.15) is 5.75 Å². The van der Waals surface area contributed by atoms with Crippen molar-refractivity contribution in [2.75, 3.05) is 7.11 Å². The molecule has 0 aliphatic rings. The molecule has 0 heterocycles. The van der Waals surface area contributed by atoms with Gasteiger partial charge in [-0.2, -0.15) is 5.26 Å². The SMILES string of the molecule is COc1cc(C#N)cc(Br)c1C(C)C. The molecule has 0 fully saturated rings. The minimum atomic E-state index is 0.368. The fourth-order valence-electron chi connectivity index (χ4n) is 1.39. The zero-order valence-electron chi connectivity index (χ0n) is 8.47. The van der Waals surface area contributed by atoms with Gasteiger partial charge in [-0.25, -0.2) is 0 Å². The maximum absolute atomic E-state index is 8.79. The average Bonchev–Trinajstić information content (AvgIpc) is 2.15. The molecule has 0 saturated carbocycles. The molecule has 0 aliphatic heterocycles. The van der Waals surface area contributed by atoms with Crippen molar-refractivity contribution < 1.29 is 4.74 Å². The molecule has 1 rings (SSSR count). The summed E-state index contributed by atoms with van der Waals surface area (Å²) in [7, 11) is 1.62. The van der Waals surface area contributed by atoms with E-state index in [4.69, 9.17) is 10.00 Å². The molecule has 0 amide bonds. The molecule has 0 aliphatic carbocycles. The van der Waals surface area contributed by atoms with Crippen molar-refractivity contribution >= 4 is 15.9 Å². The van der Waals surface area contributed by atoms with Crippen molar-refractivity contribution in [1.29, 1.82) is 5.26 Å². The molecule has 3 heteroatoms. The zero-order chi connectivity index (χ0) is 10.7. The van der Waals surface area contributed by atoms with Crippen LogP contribution in [0.3, 0.4) is 0 Å². The van der Waals surface area contributed by atoms with E-state index in [-0.39, 0.29) is 0 Å². The van der Waals surface area contributed by atoms with Gasteiger partial charge in [-0.05, 0) is 18.1 Å². The summed E-state index contributed by atoms with van der Waals surface area (Å²) in [5, 5.41) is 8.79. The highest BCUT2D eigenvalue weighted by Crippen LogP contribution is 2.34. The van der Waals surface area contributed by atoms with Gasteiger partial charge in [-0.3, -0.25) is 0 Å². The van der Waals surface area contributed by atoms with Gasteiger partial charge in [0.05, 0.1) is 18.7 Å². The van der Waals surface area contributed by atoms with Crippen molar-refractivity contribution in [2.45, 2.75) is 19.8 Å². The van der Waals surface area contributed by atoms with E-state index in [0.29, 0.717) is 11.5 Å². The Balaban J connectivity index is 3.36. The van der Waals surface area contributed by atoms with Gasteiger partial charge in [0.2, 0.25) is 0 Å². The van der Waals surface area contributed by atoms with Crippen LogP contribution in [0.4, 0.5) is 0 Å². The van der Waals surface area contributed by atoms with E-state index in [1.807, 2.05) is 6.07 Å². The fraction of sp³-hybridized carbons (Fsp3) is 0.364. The summed E-state index contributed by atoms with van der Waals surface area (Å²) < 4.78 is 6.18. The second-order valence-electron chi connectivity index (χ2n) is 3.34. The van der Waals surface area contributed by atoms with E-state index in [0.717, 1.165) is 15.8 Å². The van der Waals surface area contributed by atoms with Crippen LogP contribution in [0, 0.1) is 11.3 Å². The molecule has 2 nitrogen and oxygen atoms in total. The molecule has 0 aromatic heterocycles. The second kappa shape index (κ2) is 4.47. The number of ether oxygens (including phenoxy) is 1. The number of halogens is 1. The van der Waals surface area contributed by atoms with E-state index >= 15 is 0 Å². The molecule has 1 aromatic carbocycles. The maximum atomic E-state index is 8.79. The van der Waals surface area contributed by atoms with E-state index in [9.17, 15) is 0 Å². The number of nitriles is 1. The number of benzene rings is 1. The summed E-state index contributed by atoms with van der Waals surface area (Å²) in [6.45, 7) is 4.18. The van der Waals surface area contributed by atoms with Gasteiger partial charge in [-0.15, -0.1) is 0 Å². The summed E-state index contributed by atoms with van der Waals surface area (Å²) in [6.07, 6.45) is 0. The third-order valence-corrected chi connectivity index (χ3v) is 2.67. The minimum Gasteiger partial charge on any atom is -0.496 e. The molecule has 74 valence electrons. The zero-order valence-corrected chi connectivity index (χ0v) is 10.1. The van der Waals surface area contributed by atoms with Crippen LogP contribution in [0.15, 0.2) is 16.6 Å². The van der Waals surface area contributed by atoms with Gasteiger partial charge in [-0.1, -0.05) is 29.8 Å². The van der Waals surface area contributed by atoms with Crippen LogP contribution in [-0.4, -0.2) is 7.11 Å². The van der Waals surface area contributed by atoms with Crippen molar-refractivity contribution in [1.82, 2.24) is 0 Å². The molecule has 0 spiro atoms. The molecule has 0 unspecified atom stereocenters. The van der Waals surface area contributed by atoms with Gasteiger partial charge < -0.3 is 4.74 Å². The van der Waals surface area contributed by atoms with Gasteiger partial charge in [0, 0.05) is 10.0 Å². The van der Waals surface area contributed by atoms with Crippen LogP contribution < -0.4 is 4.74 Å². The topological polar surface area (TPSA) is 33.0 Å². The number of hydrogen-bond acceptors (Lipinski definition) is 2. The number of nitrogens with zero attached hydrogens (tertiary/aromatic N) is 1. The maximum Gasteiger partial charge on any atom is 0.124 e. The highest BCUT2D eigenvalue weighted by molar-refractivity contribution is 9.10. The third-order valence-electron chi connectivity index (χ3n) is 2.02. The number of methoxy groups -OCH3 is 1. The van der Waals surface area contributed by atoms with Crippen molar-refractivity contribution in [3.63, 3.8) is 0 Å². The Morgan fingerprint density at radius 3 is 2.50 bits per heavy atom. The largest absolute Gasteiger partial charge is 0.496 e. The molecule has 14 heavy (non-hydrogen) atoms. The van der Waals surface area contributed by atoms with Gasteiger partial charge >= 0.3 is 0 Å². The second-order valence-corrected chi connectivity index (χ2v) is 4.19. The van der Waals surface area contributed by atoms with Gasteiger partial charge in [0.25, 0.3) is 0 Å². The lowest BCUT2D eigenvalue weighted by molar-refractivity contribution is 0.407. The Morgan fingerprint density at radius 2 is 2.07 bits per heavy atom. The monoisotopic (exact) mass is 253 g/mol. The van der Waals surface area contributed by atoms with Crippen LogP contribution in [-0.2, 0) is 0 Å². The summed E-state index contributed by atoms with van der Waals surface area (Å²) in [4.78, 5) is 0. The van der Waals surface area contributed by atoms with E-state index in [1.165, 1.54) is 0 Å². The minimum absolute atomic E-state index is 0.368. The summed E-state index contributed by atoms with van der Waals surface area (Å²) in [5.41, 5.74) is 1.71. The Bertz CT molecular complexity index is 380. The lowest BCUT2D eigenvalue weighted by Crippen LogP contribution is -1.96. The van der Waals surface area contributed by atoms with Crippen molar-refractivity contribution in [3.8, 4) is 11.8 Å². The standard InChI is InChI=1S/C11H12BrNO/c1-7(2)11-9(12)4-8(6-13)5-10(11)14-3/h4-5,7H,1-3H3. The molecule has 1 aromatic rings. The first-order chi connectivity index (χ1) is 6.60. The molecule has 0 N–H and O–H groups in total. The summed E-state index contributed by atoms with van der Waals surface area (Å²) >= 11 is 3.45. The predicted octanol–water partition coefficient (Wildman–Crippen LogP) is 3.45. The summed E-state index contributed by atoms with van der Waals surface area (Å²) in [5.74, 6) is 1.14. The van der Waals surface area contributed by atoms with Gasteiger partial charge in [0.15, 0.2) is 0 Å². The van der Waals surface area contributed by atoms with Crippen LogP contribution in [0.1, 0.15) is 30.9 Å². The average molecular weight is 254 g/mol. The van der Waals surface area contributed by atoms with Crippen molar-refractivity contribution in [2.24, 2.45) is 0 Å². The first-order valence-electron chi connectivity index (χ1n) is 4.37. The number of hydrogen-bond donors (Lipinski definition) is 0. The molecule has 0 bridgehead atoms. The summed E-state index contributed by atoms with van der Waals surface area (Å²) in [6, 6.07) is 5.68. The Hall–Kier alpha value is -1.01. The molecule has 0 atom stereocenters. The lowest BCUT2D eigenvalue weighted by atomic mass is 10.0. The van der Waals surface area contributed by atoms with E-state index in [1.54, 1.807) is 13.2 Å². The lowest BCUT2D eigenvalue weighted by Gasteiger charge is -2.13. The normalized spacial score (nSPS) is 10.0. The third kappa shape index (κ3) is 2.08. The predicted molar refractivity (Wildman–Crippen MR) is 59.5 cm³/mol. The van der Waals surface area contributed by atoms with Crippen LogP contribution in [0.2, 0.25) is 0 Å². The van der Waals surface area contributed by atoms with E-state index in [2.05, 4.69) is 35.8 Å². The van der Waals surface area contributed by atoms with E-state index < -0.39 is 0 Å². The number of rotatable bonds is 2.